The Labute approximate surface area is 145 Å². The molecule has 0 unspecified atom stereocenters. The van der Waals surface area contributed by atoms with Crippen molar-refractivity contribution < 1.29 is 22.4 Å². The molecule has 2 heterocycles. The maximum Gasteiger partial charge on any atom is 0.406 e. The summed E-state index contributed by atoms with van der Waals surface area (Å²) in [6.07, 6.45) is 0.0195. The summed E-state index contributed by atoms with van der Waals surface area (Å²) in [5, 5.41) is 2.55. The molecule has 0 saturated carbocycles. The lowest BCUT2D eigenvalue weighted by Gasteiger charge is -2.10. The lowest BCUT2D eigenvalue weighted by molar-refractivity contribution is 0.171. The first-order valence-electron chi connectivity index (χ1n) is 7.31. The molecule has 0 aromatic carbocycles. The van der Waals surface area contributed by atoms with Gasteiger partial charge in [0.15, 0.2) is 0 Å². The summed E-state index contributed by atoms with van der Waals surface area (Å²) >= 11 is 1.17. The highest BCUT2D eigenvalue weighted by molar-refractivity contribution is 7.91. The van der Waals surface area contributed by atoms with Gasteiger partial charge in [0.2, 0.25) is 0 Å². The van der Waals surface area contributed by atoms with E-state index in [-0.39, 0.29) is 4.21 Å². The molecule has 0 bridgehead atoms. The fraction of sp³-hybridized carbons (Fsp3) is 0.400. The van der Waals surface area contributed by atoms with Gasteiger partial charge in [0.05, 0.1) is 13.2 Å². The van der Waals surface area contributed by atoms with Crippen LogP contribution >= 0.6 is 11.3 Å². The zero-order chi connectivity index (χ0) is 17.7. The number of hydrogen-bond donors (Lipinski definition) is 2. The average molecular weight is 372 g/mol. The largest absolute Gasteiger partial charge is 0.465 e. The molecule has 1 amide bonds. The van der Waals surface area contributed by atoms with Gasteiger partial charge in [-0.2, -0.15) is 0 Å². The third kappa shape index (κ3) is 4.83. The number of amides is 1. The second-order valence-corrected chi connectivity index (χ2v) is 8.29. The molecule has 0 saturated heterocycles. The number of nitrogens with one attached hydrogen (secondary N) is 2. The molecule has 0 aliphatic carbocycles. The summed E-state index contributed by atoms with van der Waals surface area (Å²) in [6, 6.07) is 6.37. The number of carbonyl (C=O) groups excluding carboxylic acids is 1. The van der Waals surface area contributed by atoms with Crippen molar-refractivity contribution >= 4 is 27.5 Å². The van der Waals surface area contributed by atoms with E-state index in [1.165, 1.54) is 18.4 Å². The third-order valence-corrected chi connectivity index (χ3v) is 6.43. The summed E-state index contributed by atoms with van der Waals surface area (Å²) in [6.45, 7) is 3.91. The van der Waals surface area contributed by atoms with Crippen molar-refractivity contribution in [2.45, 2.75) is 30.5 Å². The van der Waals surface area contributed by atoms with Crippen LogP contribution in [0.25, 0.3) is 0 Å². The predicted octanol–water partition coefficient (Wildman–Crippen LogP) is 2.59. The highest BCUT2D eigenvalue weighted by atomic mass is 32.2. The van der Waals surface area contributed by atoms with Crippen LogP contribution in [0.4, 0.5) is 4.79 Å². The quantitative estimate of drug-likeness (QED) is 0.778. The maximum atomic E-state index is 12.4. The van der Waals surface area contributed by atoms with Gasteiger partial charge in [-0.15, -0.1) is 11.3 Å². The average Bonchev–Trinajstić information content (AvgIpc) is 3.16. The summed E-state index contributed by atoms with van der Waals surface area (Å²) < 4.78 is 37.6. The van der Waals surface area contributed by atoms with Gasteiger partial charge in [-0.25, -0.2) is 17.9 Å². The van der Waals surface area contributed by atoms with E-state index >= 15 is 0 Å². The van der Waals surface area contributed by atoms with Crippen LogP contribution in [0.5, 0.6) is 0 Å². The molecule has 24 heavy (non-hydrogen) atoms. The highest BCUT2D eigenvalue weighted by Gasteiger charge is 2.22. The van der Waals surface area contributed by atoms with Gasteiger partial charge in [0.1, 0.15) is 15.7 Å². The lowest BCUT2D eigenvalue weighted by atomic mass is 10.3. The minimum absolute atomic E-state index is 0.227. The second-order valence-electron chi connectivity index (χ2n) is 5.18. The number of methoxy groups -OCH3 is 1. The van der Waals surface area contributed by atoms with Gasteiger partial charge >= 0.3 is 6.09 Å². The third-order valence-electron chi connectivity index (χ3n) is 3.25. The van der Waals surface area contributed by atoms with Gasteiger partial charge in [0, 0.05) is 11.4 Å². The monoisotopic (exact) mass is 372 g/mol. The first-order chi connectivity index (χ1) is 11.3. The van der Waals surface area contributed by atoms with Crippen molar-refractivity contribution in [2.24, 2.45) is 0 Å². The SMILES string of the molecule is COC(=O)NCCc1ccc(S(=O)(=O)N[C@H](C)c2ccc(C)o2)s1. The van der Waals surface area contributed by atoms with Gasteiger partial charge in [0.25, 0.3) is 10.0 Å². The predicted molar refractivity (Wildman–Crippen MR) is 90.6 cm³/mol. The van der Waals surface area contributed by atoms with E-state index in [1.807, 2.05) is 0 Å². The molecule has 7 nitrogen and oxygen atoms in total. The van der Waals surface area contributed by atoms with Crippen LogP contribution < -0.4 is 10.0 Å². The van der Waals surface area contributed by atoms with Gasteiger partial charge in [-0.1, -0.05) is 0 Å². The van der Waals surface area contributed by atoms with E-state index in [0.717, 1.165) is 10.6 Å². The van der Waals surface area contributed by atoms with E-state index in [9.17, 15) is 13.2 Å². The molecular weight excluding hydrogens is 352 g/mol. The standard InChI is InChI=1S/C15H20N2O5S2/c1-10-4-6-13(22-10)11(2)17-24(19,20)14-7-5-12(23-14)8-9-16-15(18)21-3/h4-7,11,17H,8-9H2,1-3H3,(H,16,18)/t11-/m1/s1. The molecule has 2 aromatic heterocycles. The van der Waals surface area contributed by atoms with Crippen molar-refractivity contribution in [1.82, 2.24) is 10.0 Å². The Bertz CT molecular complexity index is 794. The van der Waals surface area contributed by atoms with E-state index < -0.39 is 22.2 Å². The van der Waals surface area contributed by atoms with E-state index in [4.69, 9.17) is 4.42 Å². The molecule has 0 radical (unpaired) electrons. The van der Waals surface area contributed by atoms with Crippen LogP contribution in [0.2, 0.25) is 0 Å². The molecule has 1 atom stereocenters. The Hall–Kier alpha value is -1.84. The molecule has 0 spiro atoms. The number of rotatable bonds is 7. The first-order valence-corrected chi connectivity index (χ1v) is 9.61. The number of sulfonamides is 1. The lowest BCUT2D eigenvalue weighted by Crippen LogP contribution is -2.26. The van der Waals surface area contributed by atoms with Crippen molar-refractivity contribution in [2.75, 3.05) is 13.7 Å². The van der Waals surface area contributed by atoms with Crippen LogP contribution in [-0.4, -0.2) is 28.2 Å². The van der Waals surface area contributed by atoms with Crippen LogP contribution in [0.15, 0.2) is 32.9 Å². The summed E-state index contributed by atoms with van der Waals surface area (Å²) in [5.41, 5.74) is 0. The summed E-state index contributed by atoms with van der Waals surface area (Å²) in [4.78, 5) is 11.8. The molecule has 2 rings (SSSR count). The number of hydrogen-bond acceptors (Lipinski definition) is 6. The molecule has 2 aromatic rings. The number of aryl methyl sites for hydroxylation is 1. The van der Waals surface area contributed by atoms with E-state index in [0.29, 0.717) is 18.7 Å². The molecule has 0 aliphatic heterocycles. The minimum Gasteiger partial charge on any atom is -0.465 e. The van der Waals surface area contributed by atoms with Crippen molar-refractivity contribution in [3.05, 3.63) is 40.7 Å². The van der Waals surface area contributed by atoms with Crippen LogP contribution in [0.3, 0.4) is 0 Å². The van der Waals surface area contributed by atoms with Crippen molar-refractivity contribution in [3.8, 4) is 0 Å². The maximum absolute atomic E-state index is 12.4. The Morgan fingerprint density at radius 1 is 1.33 bits per heavy atom. The molecule has 2 N–H and O–H groups in total. The van der Waals surface area contributed by atoms with Crippen molar-refractivity contribution in [1.29, 1.82) is 0 Å². The van der Waals surface area contributed by atoms with Gasteiger partial charge in [-0.3, -0.25) is 0 Å². The minimum atomic E-state index is -3.63. The summed E-state index contributed by atoms with van der Waals surface area (Å²) in [5.74, 6) is 1.29. The van der Waals surface area contributed by atoms with Crippen LogP contribution in [0.1, 0.15) is 29.4 Å². The Morgan fingerprint density at radius 3 is 2.71 bits per heavy atom. The smallest absolute Gasteiger partial charge is 0.406 e. The van der Waals surface area contributed by atoms with Crippen LogP contribution in [0, 0.1) is 6.92 Å². The first kappa shape index (κ1) is 18.5. The van der Waals surface area contributed by atoms with E-state index in [2.05, 4.69) is 14.8 Å². The van der Waals surface area contributed by atoms with E-state index in [1.54, 1.807) is 38.1 Å². The van der Waals surface area contributed by atoms with Crippen LogP contribution in [-0.2, 0) is 21.2 Å². The molecule has 0 fully saturated rings. The van der Waals surface area contributed by atoms with Crippen molar-refractivity contribution in [3.63, 3.8) is 0 Å². The fourth-order valence-corrected chi connectivity index (χ4v) is 4.62. The number of furan rings is 1. The Kier molecular flexibility index (Phi) is 6.03. The van der Waals surface area contributed by atoms with Gasteiger partial charge < -0.3 is 14.5 Å². The Balaban J connectivity index is 1.98. The normalized spacial score (nSPS) is 12.8. The molecule has 9 heteroatoms. The highest BCUT2D eigenvalue weighted by Crippen LogP contribution is 2.24. The Morgan fingerprint density at radius 2 is 2.08 bits per heavy atom. The zero-order valence-electron chi connectivity index (χ0n) is 13.7. The second kappa shape index (κ2) is 7.82. The number of carbonyl (C=O) groups is 1. The van der Waals surface area contributed by atoms with Gasteiger partial charge in [-0.05, 0) is 44.5 Å². The number of ether oxygens (including phenoxy) is 1. The topological polar surface area (TPSA) is 97.6 Å². The summed E-state index contributed by atoms with van der Waals surface area (Å²) in [7, 11) is -2.34. The zero-order valence-corrected chi connectivity index (χ0v) is 15.3. The molecular formula is C15H20N2O5S2. The number of alkyl carbamates (subject to hydrolysis) is 1. The number of thiophene rings is 1. The molecule has 132 valence electrons. The fourth-order valence-electron chi connectivity index (χ4n) is 2.03. The molecule has 0 aliphatic rings.